The zero-order valence-corrected chi connectivity index (χ0v) is 15.3. The summed E-state index contributed by atoms with van der Waals surface area (Å²) < 4.78 is 10.6. The molecule has 1 aliphatic carbocycles. The molecule has 0 unspecified atom stereocenters. The number of aromatic nitrogens is 2. The minimum absolute atomic E-state index is 0.123. The summed E-state index contributed by atoms with van der Waals surface area (Å²) in [5.74, 6) is 1.56. The molecule has 4 rings (SSSR count). The van der Waals surface area contributed by atoms with Crippen LogP contribution in [0.1, 0.15) is 32.1 Å². The predicted octanol–water partition coefficient (Wildman–Crippen LogP) is 4.16. The van der Waals surface area contributed by atoms with Crippen LogP contribution in [0.4, 0.5) is 23.0 Å². The molecular weight excluding hydrogens is 362 g/mol. The first-order valence-corrected chi connectivity index (χ1v) is 9.28. The lowest BCUT2D eigenvalue weighted by Gasteiger charge is -2.14. The van der Waals surface area contributed by atoms with Crippen molar-refractivity contribution in [3.05, 3.63) is 46.3 Å². The molecule has 0 radical (unpaired) electrons. The van der Waals surface area contributed by atoms with Gasteiger partial charge in [-0.15, -0.1) is 0 Å². The molecule has 0 bridgehead atoms. The summed E-state index contributed by atoms with van der Waals surface area (Å²) in [4.78, 5) is 19.3. The zero-order chi connectivity index (χ0) is 19.3. The fourth-order valence-corrected chi connectivity index (χ4v) is 3.36. The average molecular weight is 383 g/mol. The molecule has 1 aromatic carbocycles. The van der Waals surface area contributed by atoms with Crippen molar-refractivity contribution in [2.24, 2.45) is 0 Å². The third-order valence-corrected chi connectivity index (χ3v) is 4.76. The Hall–Kier alpha value is -3.36. The summed E-state index contributed by atoms with van der Waals surface area (Å²) in [5, 5.41) is 17.7. The Balaban J connectivity index is 1.50. The molecule has 146 valence electrons. The molecule has 2 N–H and O–H groups in total. The van der Waals surface area contributed by atoms with Gasteiger partial charge in [0.1, 0.15) is 6.33 Å². The van der Waals surface area contributed by atoms with Crippen LogP contribution in [0.3, 0.4) is 0 Å². The van der Waals surface area contributed by atoms with E-state index in [0.29, 0.717) is 23.7 Å². The number of anilines is 3. The van der Waals surface area contributed by atoms with E-state index in [1.54, 1.807) is 18.2 Å². The molecule has 9 nitrogen and oxygen atoms in total. The summed E-state index contributed by atoms with van der Waals surface area (Å²) in [6, 6.07) is 5.22. The van der Waals surface area contributed by atoms with Crippen LogP contribution >= 0.6 is 0 Å². The highest BCUT2D eigenvalue weighted by Gasteiger charge is 2.24. The lowest BCUT2D eigenvalue weighted by molar-refractivity contribution is -0.383. The molecule has 0 saturated carbocycles. The van der Waals surface area contributed by atoms with Crippen LogP contribution in [-0.2, 0) is 0 Å². The van der Waals surface area contributed by atoms with E-state index >= 15 is 0 Å². The van der Waals surface area contributed by atoms with Crippen molar-refractivity contribution in [3.63, 3.8) is 0 Å². The first-order valence-electron chi connectivity index (χ1n) is 9.28. The third-order valence-electron chi connectivity index (χ3n) is 4.76. The largest absolute Gasteiger partial charge is 0.454 e. The van der Waals surface area contributed by atoms with Crippen molar-refractivity contribution in [2.75, 3.05) is 24.0 Å². The number of hydrogen-bond acceptors (Lipinski definition) is 8. The van der Waals surface area contributed by atoms with E-state index in [2.05, 4.69) is 26.7 Å². The van der Waals surface area contributed by atoms with Gasteiger partial charge >= 0.3 is 5.69 Å². The highest BCUT2D eigenvalue weighted by molar-refractivity contribution is 5.74. The molecule has 1 aromatic heterocycles. The normalized spacial score (nSPS) is 15.1. The van der Waals surface area contributed by atoms with Gasteiger partial charge in [-0.05, 0) is 44.2 Å². The second-order valence-corrected chi connectivity index (χ2v) is 6.65. The number of allylic oxidation sites excluding steroid dienone is 1. The number of nitrogens with zero attached hydrogens (tertiary/aromatic N) is 3. The van der Waals surface area contributed by atoms with Crippen LogP contribution in [0.5, 0.6) is 11.5 Å². The Labute approximate surface area is 161 Å². The molecule has 1 aliphatic heterocycles. The maximum atomic E-state index is 11.7. The first-order chi connectivity index (χ1) is 13.7. The highest BCUT2D eigenvalue weighted by atomic mass is 16.7. The van der Waals surface area contributed by atoms with Crippen LogP contribution < -0.4 is 20.1 Å². The molecule has 2 heterocycles. The van der Waals surface area contributed by atoms with Crippen molar-refractivity contribution >= 4 is 23.0 Å². The van der Waals surface area contributed by atoms with E-state index in [1.807, 2.05) is 0 Å². The van der Waals surface area contributed by atoms with Gasteiger partial charge in [0.05, 0.1) is 4.92 Å². The van der Waals surface area contributed by atoms with Gasteiger partial charge in [0.2, 0.25) is 18.4 Å². The van der Waals surface area contributed by atoms with Crippen LogP contribution in [0, 0.1) is 10.1 Å². The fraction of sp³-hybridized carbons (Fsp3) is 0.368. The van der Waals surface area contributed by atoms with Crippen molar-refractivity contribution in [1.29, 1.82) is 0 Å². The van der Waals surface area contributed by atoms with E-state index < -0.39 is 4.92 Å². The molecule has 0 fully saturated rings. The summed E-state index contributed by atoms with van der Waals surface area (Å²) in [6.07, 6.45) is 9.10. The average Bonchev–Trinajstić information content (AvgIpc) is 3.16. The standard InChI is InChI=1S/C19H21N5O4/c25-24(26)17-18(20-9-8-13-4-2-1-3-5-13)21-11-22-19(17)23-14-6-7-15-16(10-14)28-12-27-15/h4,6-7,10-11H,1-3,5,8-9,12H2,(H2,20,21,22,23). The lowest BCUT2D eigenvalue weighted by atomic mass is 9.97. The minimum Gasteiger partial charge on any atom is -0.454 e. The van der Waals surface area contributed by atoms with E-state index in [4.69, 9.17) is 9.47 Å². The number of benzene rings is 1. The molecule has 9 heteroatoms. The molecule has 2 aliphatic rings. The summed E-state index contributed by atoms with van der Waals surface area (Å²) in [5.41, 5.74) is 1.83. The molecule has 0 atom stereocenters. The van der Waals surface area contributed by atoms with Gasteiger partial charge in [0.15, 0.2) is 11.5 Å². The SMILES string of the molecule is O=[N+]([O-])c1c(NCCC2=CCCCC2)ncnc1Nc1ccc2c(c1)OCO2. The van der Waals surface area contributed by atoms with Gasteiger partial charge in [0.25, 0.3) is 0 Å². The summed E-state index contributed by atoms with van der Waals surface area (Å²) in [7, 11) is 0. The van der Waals surface area contributed by atoms with Crippen LogP contribution in [0.2, 0.25) is 0 Å². The number of nitrogens with one attached hydrogen (secondary N) is 2. The van der Waals surface area contributed by atoms with Gasteiger partial charge in [-0.1, -0.05) is 11.6 Å². The van der Waals surface area contributed by atoms with E-state index in [1.165, 1.54) is 24.7 Å². The second-order valence-electron chi connectivity index (χ2n) is 6.65. The number of ether oxygens (including phenoxy) is 2. The first kappa shape index (κ1) is 18.0. The molecular formula is C19H21N5O4. The Bertz CT molecular complexity index is 915. The molecule has 0 spiro atoms. The van der Waals surface area contributed by atoms with Gasteiger partial charge < -0.3 is 20.1 Å². The lowest BCUT2D eigenvalue weighted by Crippen LogP contribution is -2.10. The Morgan fingerprint density at radius 3 is 2.82 bits per heavy atom. The molecule has 0 saturated heterocycles. The van der Waals surface area contributed by atoms with Crippen LogP contribution in [0.25, 0.3) is 0 Å². The summed E-state index contributed by atoms with van der Waals surface area (Å²) in [6.45, 7) is 0.754. The van der Waals surface area contributed by atoms with Crippen LogP contribution in [-0.4, -0.2) is 28.2 Å². The third kappa shape index (κ3) is 3.98. The maximum Gasteiger partial charge on any atom is 0.353 e. The number of nitro groups is 1. The van der Waals surface area contributed by atoms with E-state index in [-0.39, 0.29) is 24.1 Å². The van der Waals surface area contributed by atoms with Crippen molar-refractivity contribution in [3.8, 4) is 11.5 Å². The molecule has 0 amide bonds. The number of fused-ring (bicyclic) bond motifs is 1. The van der Waals surface area contributed by atoms with Crippen LogP contribution in [0.15, 0.2) is 36.2 Å². The Kier molecular flexibility index (Phi) is 5.22. The number of rotatable bonds is 7. The Morgan fingerprint density at radius 2 is 2.00 bits per heavy atom. The second kappa shape index (κ2) is 8.12. The molecule has 2 aromatic rings. The van der Waals surface area contributed by atoms with Gasteiger partial charge in [-0.2, -0.15) is 0 Å². The minimum atomic E-state index is -0.475. The monoisotopic (exact) mass is 383 g/mol. The topological polar surface area (TPSA) is 111 Å². The van der Waals surface area contributed by atoms with E-state index in [0.717, 1.165) is 19.3 Å². The molecule has 28 heavy (non-hydrogen) atoms. The van der Waals surface area contributed by atoms with Gasteiger partial charge in [0, 0.05) is 18.3 Å². The zero-order valence-electron chi connectivity index (χ0n) is 15.3. The van der Waals surface area contributed by atoms with Crippen molar-refractivity contribution < 1.29 is 14.4 Å². The van der Waals surface area contributed by atoms with Gasteiger partial charge in [-0.3, -0.25) is 10.1 Å². The van der Waals surface area contributed by atoms with Gasteiger partial charge in [-0.25, -0.2) is 9.97 Å². The highest BCUT2D eigenvalue weighted by Crippen LogP contribution is 2.37. The van der Waals surface area contributed by atoms with Crippen molar-refractivity contribution in [1.82, 2.24) is 9.97 Å². The fourth-order valence-electron chi connectivity index (χ4n) is 3.36. The van der Waals surface area contributed by atoms with E-state index in [9.17, 15) is 10.1 Å². The quantitative estimate of drug-likeness (QED) is 0.416. The Morgan fingerprint density at radius 1 is 1.14 bits per heavy atom. The predicted molar refractivity (Wildman–Crippen MR) is 104 cm³/mol. The smallest absolute Gasteiger partial charge is 0.353 e. The number of hydrogen-bond donors (Lipinski definition) is 2. The maximum absolute atomic E-state index is 11.7. The summed E-state index contributed by atoms with van der Waals surface area (Å²) >= 11 is 0. The van der Waals surface area contributed by atoms with Crippen molar-refractivity contribution in [2.45, 2.75) is 32.1 Å².